The molecule has 0 saturated heterocycles. The molecule has 0 spiro atoms. The van der Waals surface area contributed by atoms with E-state index in [0.717, 1.165) is 0 Å². The van der Waals surface area contributed by atoms with E-state index in [1.807, 2.05) is 0 Å². The highest BCUT2D eigenvalue weighted by Crippen LogP contribution is 2.29. The van der Waals surface area contributed by atoms with Crippen LogP contribution in [0.2, 0.25) is 20.1 Å². The van der Waals surface area contributed by atoms with Crippen molar-refractivity contribution in [3.05, 3.63) is 66.5 Å². The molecule has 4 rings (SSSR count). The summed E-state index contributed by atoms with van der Waals surface area (Å²) in [6.07, 6.45) is 0.314. The van der Waals surface area contributed by atoms with Crippen LogP contribution in [0.1, 0.15) is 10.0 Å². The van der Waals surface area contributed by atoms with Crippen molar-refractivity contribution >= 4 is 91.2 Å². The first kappa shape index (κ1) is 27.3. The third-order valence-electron chi connectivity index (χ3n) is 4.23. The lowest BCUT2D eigenvalue weighted by Gasteiger charge is -2.07. The summed E-state index contributed by atoms with van der Waals surface area (Å²) in [5.41, 5.74) is 0. The first-order chi connectivity index (χ1) is 17.7. The van der Waals surface area contributed by atoms with Crippen molar-refractivity contribution < 1.29 is 19.1 Å². The van der Waals surface area contributed by atoms with Crippen molar-refractivity contribution in [1.29, 1.82) is 0 Å². The number of rotatable bonds is 10. The first-order valence-corrected chi connectivity index (χ1v) is 13.3. The van der Waals surface area contributed by atoms with E-state index in [9.17, 15) is 9.59 Å². The zero-order valence-corrected chi connectivity index (χ0v) is 23.0. The van der Waals surface area contributed by atoms with E-state index in [-0.39, 0.29) is 13.2 Å². The molecule has 0 saturated carbocycles. The molecule has 37 heavy (non-hydrogen) atoms. The van der Waals surface area contributed by atoms with Crippen LogP contribution >= 0.6 is 69.1 Å². The van der Waals surface area contributed by atoms with Gasteiger partial charge in [0.15, 0.2) is 13.2 Å². The molecule has 2 heterocycles. The molecule has 4 aromatic rings. The van der Waals surface area contributed by atoms with Gasteiger partial charge in [-0.25, -0.2) is 0 Å². The number of nitrogens with zero attached hydrogens (tertiary/aromatic N) is 4. The van der Waals surface area contributed by atoms with E-state index in [1.54, 1.807) is 24.3 Å². The average Bonchev–Trinajstić information content (AvgIpc) is 3.47. The van der Waals surface area contributed by atoms with Gasteiger partial charge in [0.05, 0.1) is 16.5 Å². The Morgan fingerprint density at radius 3 is 1.54 bits per heavy atom. The fourth-order valence-corrected chi connectivity index (χ4v) is 5.20. The van der Waals surface area contributed by atoms with Gasteiger partial charge in [-0.2, -0.15) is 0 Å². The van der Waals surface area contributed by atoms with Crippen molar-refractivity contribution in [1.82, 2.24) is 20.4 Å². The van der Waals surface area contributed by atoms with Crippen LogP contribution in [0.25, 0.3) is 0 Å². The smallest absolute Gasteiger partial charge is 0.264 e. The van der Waals surface area contributed by atoms with Gasteiger partial charge in [0, 0.05) is 10.0 Å². The normalized spacial score (nSPS) is 10.7. The number of halogens is 4. The third-order valence-corrected chi connectivity index (χ3v) is 6.97. The molecule has 0 aliphatic rings. The van der Waals surface area contributed by atoms with Crippen molar-refractivity contribution in [3.8, 4) is 11.5 Å². The topological polar surface area (TPSA) is 128 Å². The standard InChI is InChI=1S/C21H14Cl4N6O4S2/c22-10-1-3-14(12(24)5-10)34-8-16(32)26-20-30-28-18(36-20)7-19-29-31-21(37-19)27-17(33)9-35-15-4-2-11(23)6-13(15)25/h1-6H,7-9H2,(H,26,30,32)(H,27,31,33). The van der Waals surface area contributed by atoms with Crippen LogP contribution < -0.4 is 20.1 Å². The monoisotopic (exact) mass is 618 g/mol. The summed E-state index contributed by atoms with van der Waals surface area (Å²) >= 11 is 26.1. The van der Waals surface area contributed by atoms with E-state index in [0.29, 0.717) is 58.3 Å². The highest BCUT2D eigenvalue weighted by Gasteiger charge is 2.14. The summed E-state index contributed by atoms with van der Waals surface area (Å²) < 4.78 is 10.8. The lowest BCUT2D eigenvalue weighted by atomic mass is 10.3. The van der Waals surface area contributed by atoms with Gasteiger partial charge in [0.25, 0.3) is 11.8 Å². The van der Waals surface area contributed by atoms with Crippen LogP contribution in [0.3, 0.4) is 0 Å². The minimum atomic E-state index is -0.434. The molecule has 0 fully saturated rings. The number of aromatic nitrogens is 4. The van der Waals surface area contributed by atoms with Crippen LogP contribution in [0.4, 0.5) is 10.3 Å². The largest absolute Gasteiger partial charge is 0.482 e. The molecule has 10 nitrogen and oxygen atoms in total. The number of amides is 2. The number of carbonyl (C=O) groups is 2. The minimum Gasteiger partial charge on any atom is -0.482 e. The van der Waals surface area contributed by atoms with E-state index in [1.165, 1.54) is 34.8 Å². The van der Waals surface area contributed by atoms with Crippen molar-refractivity contribution in [2.45, 2.75) is 6.42 Å². The van der Waals surface area contributed by atoms with Crippen LogP contribution in [-0.2, 0) is 16.0 Å². The Bertz CT molecular complexity index is 1330. The SMILES string of the molecule is O=C(COc1ccc(Cl)cc1Cl)Nc1nnc(Cc2nnc(NC(=O)COc3ccc(Cl)cc3Cl)s2)s1. The summed E-state index contributed by atoms with van der Waals surface area (Å²) in [5.74, 6) is -0.203. The van der Waals surface area contributed by atoms with Crippen LogP contribution in [0.5, 0.6) is 11.5 Å². The van der Waals surface area contributed by atoms with Crippen LogP contribution in [-0.4, -0.2) is 45.4 Å². The minimum absolute atomic E-state index is 0.274. The van der Waals surface area contributed by atoms with Gasteiger partial charge in [0.1, 0.15) is 21.5 Å². The summed E-state index contributed by atoms with van der Waals surface area (Å²) in [7, 11) is 0. The number of benzene rings is 2. The molecule has 16 heteroatoms. The molecule has 2 N–H and O–H groups in total. The highest BCUT2D eigenvalue weighted by molar-refractivity contribution is 7.16. The molecule has 0 aliphatic carbocycles. The fraction of sp³-hybridized carbons (Fsp3) is 0.143. The second kappa shape index (κ2) is 12.7. The predicted octanol–water partition coefficient (Wildman–Crippen LogP) is 5.63. The molecule has 0 atom stereocenters. The molecule has 2 amide bonds. The molecule has 0 aliphatic heterocycles. The molecule has 0 unspecified atom stereocenters. The molecular formula is C21H14Cl4N6O4S2. The Morgan fingerprint density at radius 1 is 0.703 bits per heavy atom. The third kappa shape index (κ3) is 8.12. The van der Waals surface area contributed by atoms with Gasteiger partial charge < -0.3 is 9.47 Å². The number of hydrogen-bond donors (Lipinski definition) is 2. The quantitative estimate of drug-likeness (QED) is 0.234. The second-order valence-electron chi connectivity index (χ2n) is 7.00. The van der Waals surface area contributed by atoms with Crippen LogP contribution in [0.15, 0.2) is 36.4 Å². The van der Waals surface area contributed by atoms with Crippen LogP contribution in [0, 0.1) is 0 Å². The number of anilines is 2. The second-order valence-corrected chi connectivity index (χ2v) is 10.8. The van der Waals surface area contributed by atoms with E-state index in [2.05, 4.69) is 31.0 Å². The lowest BCUT2D eigenvalue weighted by molar-refractivity contribution is -0.118. The van der Waals surface area contributed by atoms with E-state index >= 15 is 0 Å². The molecular weight excluding hydrogens is 606 g/mol. The Kier molecular flexibility index (Phi) is 9.35. The molecule has 2 aromatic heterocycles. The van der Waals surface area contributed by atoms with Gasteiger partial charge >= 0.3 is 0 Å². The Labute approximate surface area is 237 Å². The number of ether oxygens (including phenoxy) is 2. The van der Waals surface area contributed by atoms with Gasteiger partial charge in [-0.3, -0.25) is 20.2 Å². The van der Waals surface area contributed by atoms with E-state index in [4.69, 9.17) is 55.9 Å². The Balaban J connectivity index is 1.23. The summed E-state index contributed by atoms with van der Waals surface area (Å²) in [6.45, 7) is -0.548. The van der Waals surface area contributed by atoms with Gasteiger partial charge in [-0.05, 0) is 36.4 Å². The summed E-state index contributed by atoms with van der Waals surface area (Å²) in [6, 6.07) is 9.39. The maximum atomic E-state index is 12.2. The fourth-order valence-electron chi connectivity index (χ4n) is 2.66. The maximum absolute atomic E-state index is 12.2. The molecule has 2 aromatic carbocycles. The predicted molar refractivity (Wildman–Crippen MR) is 144 cm³/mol. The van der Waals surface area contributed by atoms with E-state index < -0.39 is 11.8 Å². The molecule has 0 radical (unpaired) electrons. The van der Waals surface area contributed by atoms with Gasteiger partial charge in [-0.1, -0.05) is 69.1 Å². The number of carbonyl (C=O) groups excluding carboxylic acids is 2. The lowest BCUT2D eigenvalue weighted by Crippen LogP contribution is -2.20. The van der Waals surface area contributed by atoms with Crippen molar-refractivity contribution in [3.63, 3.8) is 0 Å². The Hall–Kier alpha value is -2.74. The number of hydrogen-bond acceptors (Lipinski definition) is 10. The Morgan fingerprint density at radius 2 is 1.14 bits per heavy atom. The molecule has 0 bridgehead atoms. The first-order valence-electron chi connectivity index (χ1n) is 10.2. The summed E-state index contributed by atoms with van der Waals surface area (Å²) in [4.78, 5) is 24.3. The molecule has 192 valence electrons. The van der Waals surface area contributed by atoms with Gasteiger partial charge in [-0.15, -0.1) is 20.4 Å². The maximum Gasteiger partial charge on any atom is 0.264 e. The highest BCUT2D eigenvalue weighted by atomic mass is 35.5. The zero-order valence-electron chi connectivity index (χ0n) is 18.3. The summed E-state index contributed by atoms with van der Waals surface area (Å²) in [5, 5.41) is 24.5. The van der Waals surface area contributed by atoms with Gasteiger partial charge in [0.2, 0.25) is 10.3 Å². The average molecular weight is 620 g/mol. The number of nitrogens with one attached hydrogen (secondary N) is 2. The zero-order chi connectivity index (χ0) is 26.4. The van der Waals surface area contributed by atoms with Crippen molar-refractivity contribution in [2.24, 2.45) is 0 Å². The van der Waals surface area contributed by atoms with Crippen molar-refractivity contribution in [2.75, 3.05) is 23.8 Å².